The van der Waals surface area contributed by atoms with E-state index in [9.17, 15) is 4.21 Å². The van der Waals surface area contributed by atoms with Gasteiger partial charge < -0.3 is 0 Å². The second-order valence-corrected chi connectivity index (χ2v) is 11.3. The van der Waals surface area contributed by atoms with Gasteiger partial charge >= 0.3 is 0 Å². The van der Waals surface area contributed by atoms with E-state index in [4.69, 9.17) is 11.8 Å². The highest BCUT2D eigenvalue weighted by atomic mass is 32.4. The zero-order valence-corrected chi connectivity index (χ0v) is 13.4. The summed E-state index contributed by atoms with van der Waals surface area (Å²) in [5.41, 5.74) is 0. The van der Waals surface area contributed by atoms with E-state index in [0.29, 0.717) is 0 Å². The normalized spacial score (nSPS) is 12.1. The minimum absolute atomic E-state index is 0.979. The summed E-state index contributed by atoms with van der Waals surface area (Å²) < 4.78 is 16.7. The topological polar surface area (TPSA) is 29.4 Å². The molecule has 0 bridgehead atoms. The van der Waals surface area contributed by atoms with Crippen molar-refractivity contribution in [3.8, 4) is 0 Å². The van der Waals surface area contributed by atoms with Crippen molar-refractivity contribution in [2.75, 3.05) is 12.5 Å². The Bertz CT molecular complexity index is 668. The zero-order valence-electron chi connectivity index (χ0n) is 10.9. The first-order valence-corrected chi connectivity index (χ1v) is 10.9. The van der Waals surface area contributed by atoms with Crippen molar-refractivity contribution in [3.05, 3.63) is 60.7 Å². The first kappa shape index (κ1) is 14.4. The molecule has 0 N–H and O–H groups in total. The molecular weight excluding hydrogens is 293 g/mol. The first-order chi connectivity index (χ1) is 8.92. The van der Waals surface area contributed by atoms with E-state index in [2.05, 4.69) is 4.13 Å². The maximum atomic E-state index is 12.1. The summed E-state index contributed by atoms with van der Waals surface area (Å²) >= 11 is 5.85. The monoisotopic (exact) mass is 309 g/mol. The number of benzene rings is 2. The third kappa shape index (κ3) is 3.53. The highest BCUT2D eigenvalue weighted by molar-refractivity contribution is 8.23. The van der Waals surface area contributed by atoms with E-state index >= 15 is 0 Å². The predicted octanol–water partition coefficient (Wildman–Crippen LogP) is 2.76. The van der Waals surface area contributed by atoms with E-state index < -0.39 is 15.9 Å². The van der Waals surface area contributed by atoms with Gasteiger partial charge in [-0.25, -0.2) is 0 Å². The molecule has 2 nitrogen and oxygen atoms in total. The molecule has 0 saturated heterocycles. The van der Waals surface area contributed by atoms with Crippen LogP contribution >= 0.6 is 6.19 Å². The molecule has 2 aromatic carbocycles. The van der Waals surface area contributed by atoms with Crippen LogP contribution in [0.25, 0.3) is 0 Å². The molecule has 0 aliphatic rings. The Morgan fingerprint density at radius 3 is 1.58 bits per heavy atom. The van der Waals surface area contributed by atoms with Crippen LogP contribution in [-0.2, 0) is 21.5 Å². The molecule has 0 aliphatic carbocycles. The van der Waals surface area contributed by atoms with E-state index in [-0.39, 0.29) is 0 Å². The number of nitrogens with zero attached hydrogens (tertiary/aromatic N) is 1. The second kappa shape index (κ2) is 5.58. The van der Waals surface area contributed by atoms with Crippen molar-refractivity contribution in [1.82, 2.24) is 0 Å². The van der Waals surface area contributed by atoms with Gasteiger partial charge in [-0.3, -0.25) is 4.21 Å². The van der Waals surface area contributed by atoms with Crippen LogP contribution in [0.4, 0.5) is 0 Å². The summed E-state index contributed by atoms with van der Waals surface area (Å²) in [6, 6.07) is 19.6. The Kier molecular flexibility index (Phi) is 4.24. The van der Waals surface area contributed by atoms with E-state index in [1.54, 1.807) is 12.5 Å². The summed E-state index contributed by atoms with van der Waals surface area (Å²) in [7, 11) is -2.26. The molecule has 0 heterocycles. The molecule has 0 unspecified atom stereocenters. The van der Waals surface area contributed by atoms with Gasteiger partial charge in [0.15, 0.2) is 0 Å². The third-order valence-corrected chi connectivity index (χ3v) is 8.88. The fourth-order valence-electron chi connectivity index (χ4n) is 1.78. The number of rotatable bonds is 3. The lowest BCUT2D eigenvalue weighted by molar-refractivity contribution is 0.685. The van der Waals surface area contributed by atoms with Gasteiger partial charge in [0.1, 0.15) is 6.19 Å². The van der Waals surface area contributed by atoms with Crippen LogP contribution in [0.3, 0.4) is 0 Å². The summed E-state index contributed by atoms with van der Waals surface area (Å²) in [6.07, 6.45) is 0.915. The van der Waals surface area contributed by atoms with Crippen LogP contribution in [0.1, 0.15) is 0 Å². The van der Waals surface area contributed by atoms with Gasteiger partial charge in [0.25, 0.3) is 0 Å². The van der Waals surface area contributed by atoms with Crippen LogP contribution in [0.2, 0.25) is 0 Å². The van der Waals surface area contributed by atoms with Gasteiger partial charge in [-0.2, -0.15) is 4.13 Å². The summed E-state index contributed by atoms with van der Waals surface area (Å²) in [5, 5.41) is 1.96. The van der Waals surface area contributed by atoms with Crippen molar-refractivity contribution in [2.24, 2.45) is 4.13 Å². The highest BCUT2D eigenvalue weighted by Crippen LogP contribution is 2.46. The lowest BCUT2D eigenvalue weighted by Gasteiger charge is -2.19. The Morgan fingerprint density at radius 2 is 1.26 bits per heavy atom. The van der Waals surface area contributed by atoms with E-state index in [1.807, 2.05) is 60.7 Å². The molecular formula is C14H16NOPS2. The zero-order chi connectivity index (χ0) is 13.9. The van der Waals surface area contributed by atoms with Gasteiger partial charge in [-0.15, -0.1) is 0 Å². The second-order valence-electron chi connectivity index (χ2n) is 4.51. The van der Waals surface area contributed by atoms with Crippen LogP contribution in [0.15, 0.2) is 64.8 Å². The van der Waals surface area contributed by atoms with Crippen LogP contribution in [0, 0.1) is 0 Å². The largest absolute Gasteiger partial charge is 0.250 e. The van der Waals surface area contributed by atoms with Crippen LogP contribution in [-0.4, -0.2) is 16.7 Å². The molecule has 0 saturated carbocycles. The molecule has 5 heteroatoms. The molecule has 0 radical (unpaired) electrons. The molecule has 0 amide bonds. The lowest BCUT2D eigenvalue weighted by Crippen LogP contribution is -2.15. The van der Waals surface area contributed by atoms with Gasteiger partial charge in [0.05, 0.1) is 0 Å². The summed E-state index contributed by atoms with van der Waals surface area (Å²) in [4.78, 5) is 0. The smallest absolute Gasteiger partial charge is 0.123 e. The first-order valence-electron chi connectivity index (χ1n) is 5.82. The fraction of sp³-hybridized carbons (Fsp3) is 0.143. The number of hydrogen-bond acceptors (Lipinski definition) is 2. The maximum Gasteiger partial charge on any atom is 0.123 e. The standard InChI is InChI=1S/C14H16NOPS2/c1-19(2,16)15-17(18,13-9-5-3-6-10-13)14-11-7-4-8-12-14/h3-12H,1-2H3. The molecule has 0 aromatic heterocycles. The SMILES string of the molecule is CS(C)(=O)=NP(=S)(c1ccccc1)c1ccccc1. The van der Waals surface area contributed by atoms with Gasteiger partial charge in [-0.05, 0) is 0 Å². The molecule has 0 spiro atoms. The average Bonchev–Trinajstić information content (AvgIpc) is 2.39. The molecule has 100 valence electrons. The van der Waals surface area contributed by atoms with Crippen molar-refractivity contribution in [3.63, 3.8) is 0 Å². The van der Waals surface area contributed by atoms with Crippen molar-refractivity contribution in [2.45, 2.75) is 0 Å². The molecule has 19 heavy (non-hydrogen) atoms. The quantitative estimate of drug-likeness (QED) is 0.816. The minimum atomic E-state index is -2.36. The van der Waals surface area contributed by atoms with Gasteiger partial charge in [0, 0.05) is 32.8 Å². The fourth-order valence-corrected chi connectivity index (χ4v) is 8.38. The summed E-state index contributed by atoms with van der Waals surface area (Å²) in [6.45, 7) is 0. The Labute approximate surface area is 120 Å². The predicted molar refractivity (Wildman–Crippen MR) is 88.9 cm³/mol. The molecule has 0 atom stereocenters. The van der Waals surface area contributed by atoms with Crippen molar-refractivity contribution in [1.29, 1.82) is 0 Å². The minimum Gasteiger partial charge on any atom is -0.250 e. The average molecular weight is 309 g/mol. The molecule has 0 fully saturated rings. The Balaban J connectivity index is 2.73. The van der Waals surface area contributed by atoms with Gasteiger partial charge in [0.2, 0.25) is 0 Å². The van der Waals surface area contributed by atoms with Crippen molar-refractivity contribution < 1.29 is 4.21 Å². The summed E-state index contributed by atoms with van der Waals surface area (Å²) in [5.74, 6) is 0. The van der Waals surface area contributed by atoms with E-state index in [0.717, 1.165) is 10.6 Å². The third-order valence-electron chi connectivity index (χ3n) is 2.52. The van der Waals surface area contributed by atoms with Gasteiger partial charge in [-0.1, -0.05) is 72.5 Å². The lowest BCUT2D eigenvalue weighted by atomic mass is 10.4. The molecule has 2 aromatic rings. The molecule has 0 aliphatic heterocycles. The number of hydrogen-bond donors (Lipinski definition) is 0. The Hall–Kier alpha value is -0.960. The van der Waals surface area contributed by atoms with Crippen LogP contribution < -0.4 is 10.6 Å². The maximum absolute atomic E-state index is 12.1. The molecule has 2 rings (SSSR count). The Morgan fingerprint density at radius 1 is 0.895 bits per heavy atom. The van der Waals surface area contributed by atoms with E-state index in [1.165, 1.54) is 0 Å². The highest BCUT2D eigenvalue weighted by Gasteiger charge is 2.22. The van der Waals surface area contributed by atoms with Crippen LogP contribution in [0.5, 0.6) is 0 Å². The van der Waals surface area contributed by atoms with Crippen molar-refractivity contribution >= 4 is 38.3 Å².